The second-order valence-electron chi connectivity index (χ2n) is 5.97. The van der Waals surface area contributed by atoms with Gasteiger partial charge in [-0.1, -0.05) is 13.8 Å². The van der Waals surface area contributed by atoms with Gasteiger partial charge in [-0.2, -0.15) is 8.42 Å². The smallest absolute Gasteiger partial charge is 0.304 e. The highest BCUT2D eigenvalue weighted by atomic mass is 32.3. The summed E-state index contributed by atoms with van der Waals surface area (Å²) in [5.41, 5.74) is 0.282. The standard InChI is InChI=1S/C13H19NO6S3/c1-8(2)7-14(9(3)15)11-4-5-22(16,17)13-10(11)6-12(21-13)23(18,19)20/h6,8,11H,4-5,7H2,1-3H3,(H,18,19,20). The lowest BCUT2D eigenvalue weighted by Crippen LogP contribution is -2.38. The van der Waals surface area contributed by atoms with Crippen LogP contribution in [0, 0.1) is 5.92 Å². The van der Waals surface area contributed by atoms with Crippen LogP contribution in [0.2, 0.25) is 0 Å². The fourth-order valence-electron chi connectivity index (χ4n) is 2.68. The zero-order valence-corrected chi connectivity index (χ0v) is 15.5. The quantitative estimate of drug-likeness (QED) is 0.796. The van der Waals surface area contributed by atoms with E-state index in [1.165, 1.54) is 13.0 Å². The topological polar surface area (TPSA) is 109 Å². The van der Waals surface area contributed by atoms with Gasteiger partial charge in [0.05, 0.1) is 11.8 Å². The summed E-state index contributed by atoms with van der Waals surface area (Å²) in [5.74, 6) is -0.174. The normalized spacial score (nSPS) is 20.3. The summed E-state index contributed by atoms with van der Waals surface area (Å²) in [6.07, 6.45) is 0.212. The molecule has 10 heteroatoms. The van der Waals surface area contributed by atoms with Gasteiger partial charge in [-0.15, -0.1) is 11.3 Å². The lowest BCUT2D eigenvalue weighted by molar-refractivity contribution is -0.132. The van der Waals surface area contributed by atoms with E-state index in [0.29, 0.717) is 17.9 Å². The molecule has 0 aliphatic carbocycles. The molecule has 1 aromatic heterocycles. The molecule has 1 aromatic rings. The van der Waals surface area contributed by atoms with Gasteiger partial charge in [0.1, 0.15) is 8.42 Å². The predicted octanol–water partition coefficient (Wildman–Crippen LogP) is 1.72. The Labute approximate surface area is 140 Å². The zero-order chi connectivity index (χ0) is 17.6. The van der Waals surface area contributed by atoms with Crippen LogP contribution in [0.4, 0.5) is 0 Å². The van der Waals surface area contributed by atoms with Crippen molar-refractivity contribution in [1.29, 1.82) is 0 Å². The lowest BCUT2D eigenvalue weighted by atomic mass is 10.0. The second-order valence-corrected chi connectivity index (χ2v) is 11.0. The molecule has 1 unspecified atom stereocenters. The summed E-state index contributed by atoms with van der Waals surface area (Å²) in [5, 5.41) is 0. The molecule has 0 bridgehead atoms. The predicted molar refractivity (Wildman–Crippen MR) is 85.8 cm³/mol. The summed E-state index contributed by atoms with van der Waals surface area (Å²) in [6.45, 7) is 5.72. The van der Waals surface area contributed by atoms with E-state index in [1.54, 1.807) is 4.90 Å². The van der Waals surface area contributed by atoms with Crippen molar-refractivity contribution in [2.45, 2.75) is 41.7 Å². The van der Waals surface area contributed by atoms with Crippen molar-refractivity contribution in [3.8, 4) is 0 Å². The van der Waals surface area contributed by atoms with E-state index in [0.717, 1.165) is 0 Å². The van der Waals surface area contributed by atoms with E-state index in [2.05, 4.69) is 0 Å². The van der Waals surface area contributed by atoms with Gasteiger partial charge in [0.15, 0.2) is 9.84 Å². The fraction of sp³-hybridized carbons (Fsp3) is 0.615. The fourth-order valence-corrected chi connectivity index (χ4v) is 6.76. The molecule has 1 amide bonds. The third kappa shape index (κ3) is 3.76. The highest BCUT2D eigenvalue weighted by Gasteiger charge is 2.38. The maximum absolute atomic E-state index is 12.2. The van der Waals surface area contributed by atoms with Gasteiger partial charge in [0, 0.05) is 19.0 Å². The molecule has 2 heterocycles. The molecule has 0 spiro atoms. The number of amides is 1. The molecule has 1 N–H and O–H groups in total. The van der Waals surface area contributed by atoms with Crippen molar-refractivity contribution >= 4 is 37.2 Å². The van der Waals surface area contributed by atoms with Crippen LogP contribution < -0.4 is 0 Å². The van der Waals surface area contributed by atoms with E-state index in [9.17, 15) is 26.2 Å². The van der Waals surface area contributed by atoms with Crippen molar-refractivity contribution < 1.29 is 26.2 Å². The van der Waals surface area contributed by atoms with Crippen LogP contribution in [-0.4, -0.2) is 44.5 Å². The van der Waals surface area contributed by atoms with Crippen LogP contribution in [0.3, 0.4) is 0 Å². The zero-order valence-electron chi connectivity index (χ0n) is 13.0. The number of hydrogen-bond acceptors (Lipinski definition) is 6. The second kappa shape index (κ2) is 6.15. The van der Waals surface area contributed by atoms with Gasteiger partial charge >= 0.3 is 10.1 Å². The Balaban J connectivity index is 2.59. The van der Waals surface area contributed by atoms with E-state index >= 15 is 0 Å². The molecule has 1 aliphatic rings. The van der Waals surface area contributed by atoms with Crippen molar-refractivity contribution in [1.82, 2.24) is 4.90 Å². The van der Waals surface area contributed by atoms with Gasteiger partial charge in [0.2, 0.25) is 5.91 Å². The Hall–Kier alpha value is -0.970. The molecule has 0 radical (unpaired) electrons. The third-order valence-corrected chi connectivity index (χ3v) is 8.43. The monoisotopic (exact) mass is 381 g/mol. The van der Waals surface area contributed by atoms with Crippen LogP contribution >= 0.6 is 11.3 Å². The van der Waals surface area contributed by atoms with Crippen molar-refractivity contribution in [2.75, 3.05) is 12.3 Å². The average Bonchev–Trinajstić information content (AvgIpc) is 2.82. The number of carbonyl (C=O) groups excluding carboxylic acids is 1. The minimum atomic E-state index is -4.49. The van der Waals surface area contributed by atoms with Gasteiger partial charge in [-0.3, -0.25) is 9.35 Å². The average molecular weight is 381 g/mol. The minimum absolute atomic E-state index is 0.0728. The molecule has 7 nitrogen and oxygen atoms in total. The van der Waals surface area contributed by atoms with Gasteiger partial charge in [0.25, 0.3) is 0 Å². The van der Waals surface area contributed by atoms with Gasteiger partial charge in [-0.05, 0) is 18.4 Å². The molecule has 130 valence electrons. The Bertz CT molecular complexity index is 822. The first-order valence-corrected chi connectivity index (χ1v) is 11.0. The maximum Gasteiger partial charge on any atom is 0.304 e. The molecule has 0 saturated heterocycles. The maximum atomic E-state index is 12.2. The largest absolute Gasteiger partial charge is 0.336 e. The molecular formula is C13H19NO6S3. The Morgan fingerprint density at radius 3 is 2.57 bits per heavy atom. The van der Waals surface area contributed by atoms with Crippen LogP contribution in [0.1, 0.15) is 38.8 Å². The molecule has 0 fully saturated rings. The molecule has 23 heavy (non-hydrogen) atoms. The summed E-state index contributed by atoms with van der Waals surface area (Å²) in [6, 6.07) is 0.674. The molecule has 1 aliphatic heterocycles. The number of fused-ring (bicyclic) bond motifs is 1. The highest BCUT2D eigenvalue weighted by Crippen LogP contribution is 2.42. The van der Waals surface area contributed by atoms with Crippen molar-refractivity contribution in [3.05, 3.63) is 11.6 Å². The number of carbonyl (C=O) groups is 1. The number of sulfone groups is 1. The van der Waals surface area contributed by atoms with Crippen molar-refractivity contribution in [3.63, 3.8) is 0 Å². The SMILES string of the molecule is CC(=O)N(CC(C)C)C1CCS(=O)(=O)c2sc(S(=O)(=O)O)cc21. The lowest BCUT2D eigenvalue weighted by Gasteiger charge is -2.34. The molecule has 0 aromatic carbocycles. The summed E-state index contributed by atoms with van der Waals surface area (Å²) in [4.78, 5) is 13.5. The van der Waals surface area contributed by atoms with E-state index in [-0.39, 0.29) is 33.8 Å². The van der Waals surface area contributed by atoms with Crippen LogP contribution in [0.5, 0.6) is 0 Å². The van der Waals surface area contributed by atoms with Gasteiger partial charge < -0.3 is 4.90 Å². The number of hydrogen-bond donors (Lipinski definition) is 1. The third-order valence-electron chi connectivity index (χ3n) is 3.60. The molecular weight excluding hydrogens is 362 g/mol. The first-order valence-electron chi connectivity index (χ1n) is 7.04. The summed E-state index contributed by atoms with van der Waals surface area (Å²) in [7, 11) is -8.09. The molecule has 0 saturated carbocycles. The highest BCUT2D eigenvalue weighted by molar-refractivity contribution is 7.94. The van der Waals surface area contributed by atoms with Crippen LogP contribution in [0.15, 0.2) is 14.5 Å². The first kappa shape index (κ1) is 18.4. The van der Waals surface area contributed by atoms with E-state index in [4.69, 9.17) is 0 Å². The Morgan fingerprint density at radius 2 is 2.09 bits per heavy atom. The minimum Gasteiger partial charge on any atom is -0.336 e. The van der Waals surface area contributed by atoms with Crippen LogP contribution in [-0.2, 0) is 24.7 Å². The Kier molecular flexibility index (Phi) is 4.91. The number of thiophene rings is 1. The van der Waals surface area contributed by atoms with Gasteiger partial charge in [-0.25, -0.2) is 8.42 Å². The van der Waals surface area contributed by atoms with Crippen molar-refractivity contribution in [2.24, 2.45) is 5.92 Å². The Morgan fingerprint density at radius 1 is 1.48 bits per heavy atom. The summed E-state index contributed by atoms with van der Waals surface area (Å²) < 4.78 is 55.8. The van der Waals surface area contributed by atoms with E-state index < -0.39 is 30.2 Å². The summed E-state index contributed by atoms with van der Waals surface area (Å²) >= 11 is 0.537. The number of nitrogens with zero attached hydrogens (tertiary/aromatic N) is 1. The first-order chi connectivity index (χ1) is 10.4. The molecule has 2 rings (SSSR count). The molecule has 1 atom stereocenters. The van der Waals surface area contributed by atoms with Crippen LogP contribution in [0.25, 0.3) is 0 Å². The van der Waals surface area contributed by atoms with E-state index in [1.807, 2.05) is 13.8 Å². The number of rotatable bonds is 4.